The summed E-state index contributed by atoms with van der Waals surface area (Å²) in [6.07, 6.45) is 0. The smallest absolute Gasteiger partial charge is 0.338 e. The summed E-state index contributed by atoms with van der Waals surface area (Å²) in [6.45, 7) is 1.18. The van der Waals surface area contributed by atoms with Crippen molar-refractivity contribution in [1.29, 1.82) is 0 Å². The van der Waals surface area contributed by atoms with Gasteiger partial charge in [0, 0.05) is 22.3 Å². The van der Waals surface area contributed by atoms with Gasteiger partial charge in [-0.25, -0.2) is 4.79 Å². The molecule has 2 rings (SSSR count). The molecule has 1 N–H and O–H groups in total. The SMILES string of the molecule is Cc1cc([N+](=O)[O-])ccc1NC(=O)COC(=O)c1ccc(Br)cc1. The number of esters is 1. The van der Waals surface area contributed by atoms with Crippen molar-refractivity contribution >= 4 is 39.2 Å². The Kier molecular flexibility index (Phi) is 5.64. The van der Waals surface area contributed by atoms with Gasteiger partial charge in [-0.05, 0) is 42.8 Å². The molecule has 0 heterocycles. The first kappa shape index (κ1) is 17.6. The number of carbonyl (C=O) groups excluding carboxylic acids is 2. The fraction of sp³-hybridized carbons (Fsp3) is 0.125. The van der Waals surface area contributed by atoms with Crippen LogP contribution in [0.4, 0.5) is 11.4 Å². The molecule has 2 aromatic rings. The van der Waals surface area contributed by atoms with E-state index in [9.17, 15) is 19.7 Å². The predicted octanol–water partition coefficient (Wildman–Crippen LogP) is 3.46. The van der Waals surface area contributed by atoms with Crippen LogP contribution in [0.15, 0.2) is 46.9 Å². The largest absolute Gasteiger partial charge is 0.452 e. The number of hydrogen-bond donors (Lipinski definition) is 1. The lowest BCUT2D eigenvalue weighted by Gasteiger charge is -2.09. The highest BCUT2D eigenvalue weighted by atomic mass is 79.9. The Morgan fingerprint density at radius 3 is 2.46 bits per heavy atom. The first-order chi connectivity index (χ1) is 11.4. The molecule has 0 saturated heterocycles. The molecule has 0 radical (unpaired) electrons. The van der Waals surface area contributed by atoms with E-state index in [0.717, 1.165) is 4.47 Å². The number of rotatable bonds is 5. The molecule has 124 valence electrons. The average molecular weight is 393 g/mol. The molecule has 1 amide bonds. The van der Waals surface area contributed by atoms with E-state index in [-0.39, 0.29) is 5.69 Å². The number of nitro benzene ring substituents is 1. The Morgan fingerprint density at radius 1 is 1.21 bits per heavy atom. The van der Waals surface area contributed by atoms with E-state index in [4.69, 9.17) is 4.74 Å². The number of ether oxygens (including phenoxy) is 1. The maximum absolute atomic E-state index is 11.8. The minimum Gasteiger partial charge on any atom is -0.452 e. The van der Waals surface area contributed by atoms with E-state index >= 15 is 0 Å². The highest BCUT2D eigenvalue weighted by Gasteiger charge is 2.13. The van der Waals surface area contributed by atoms with Crippen LogP contribution >= 0.6 is 15.9 Å². The van der Waals surface area contributed by atoms with Gasteiger partial charge < -0.3 is 10.1 Å². The maximum Gasteiger partial charge on any atom is 0.338 e. The van der Waals surface area contributed by atoms with Gasteiger partial charge in [0.15, 0.2) is 6.61 Å². The van der Waals surface area contributed by atoms with E-state index in [2.05, 4.69) is 21.2 Å². The van der Waals surface area contributed by atoms with Gasteiger partial charge in [0.25, 0.3) is 11.6 Å². The van der Waals surface area contributed by atoms with Crippen LogP contribution in [0.1, 0.15) is 15.9 Å². The summed E-state index contributed by atoms with van der Waals surface area (Å²) in [4.78, 5) is 33.8. The van der Waals surface area contributed by atoms with Gasteiger partial charge in [0.05, 0.1) is 10.5 Å². The summed E-state index contributed by atoms with van der Waals surface area (Å²) in [7, 11) is 0. The number of hydrogen-bond acceptors (Lipinski definition) is 5. The number of nitrogens with one attached hydrogen (secondary N) is 1. The minimum absolute atomic E-state index is 0.0628. The summed E-state index contributed by atoms with van der Waals surface area (Å²) >= 11 is 3.26. The topological polar surface area (TPSA) is 98.5 Å². The van der Waals surface area contributed by atoms with Crippen molar-refractivity contribution in [3.63, 3.8) is 0 Å². The predicted molar refractivity (Wildman–Crippen MR) is 90.9 cm³/mol. The van der Waals surface area contributed by atoms with Crippen LogP contribution in [0, 0.1) is 17.0 Å². The summed E-state index contributed by atoms with van der Waals surface area (Å²) in [5, 5.41) is 13.2. The minimum atomic E-state index is -0.613. The van der Waals surface area contributed by atoms with Gasteiger partial charge in [0.1, 0.15) is 0 Å². The monoisotopic (exact) mass is 392 g/mol. The Bertz CT molecular complexity index is 790. The maximum atomic E-state index is 11.8. The summed E-state index contributed by atoms with van der Waals surface area (Å²) < 4.78 is 5.75. The lowest BCUT2D eigenvalue weighted by molar-refractivity contribution is -0.384. The van der Waals surface area contributed by atoms with Crippen molar-refractivity contribution in [2.24, 2.45) is 0 Å². The standard InChI is InChI=1S/C16H13BrN2O5/c1-10-8-13(19(22)23)6-7-14(10)18-15(20)9-24-16(21)11-2-4-12(17)5-3-11/h2-8H,9H2,1H3,(H,18,20). The first-order valence-corrected chi connectivity index (χ1v) is 7.63. The van der Waals surface area contributed by atoms with Gasteiger partial charge in [-0.1, -0.05) is 15.9 Å². The number of benzene rings is 2. The Labute approximate surface area is 145 Å². The van der Waals surface area contributed by atoms with Crippen molar-refractivity contribution in [3.05, 3.63) is 68.2 Å². The van der Waals surface area contributed by atoms with Crippen LogP contribution < -0.4 is 5.32 Å². The van der Waals surface area contributed by atoms with Crippen LogP contribution in [-0.2, 0) is 9.53 Å². The van der Waals surface area contributed by atoms with Gasteiger partial charge >= 0.3 is 5.97 Å². The number of nitro groups is 1. The molecule has 8 heteroatoms. The zero-order valence-corrected chi connectivity index (χ0v) is 14.2. The van der Waals surface area contributed by atoms with E-state index in [1.54, 1.807) is 31.2 Å². The molecule has 2 aromatic carbocycles. The highest BCUT2D eigenvalue weighted by molar-refractivity contribution is 9.10. The molecular weight excluding hydrogens is 380 g/mol. The Morgan fingerprint density at radius 2 is 1.88 bits per heavy atom. The van der Waals surface area contributed by atoms with Crippen LogP contribution in [-0.4, -0.2) is 23.4 Å². The highest BCUT2D eigenvalue weighted by Crippen LogP contribution is 2.21. The molecule has 0 aliphatic rings. The molecule has 0 spiro atoms. The van der Waals surface area contributed by atoms with Crippen LogP contribution in [0.3, 0.4) is 0 Å². The Balaban J connectivity index is 1.92. The van der Waals surface area contributed by atoms with Crippen molar-refractivity contribution in [3.8, 4) is 0 Å². The molecule has 0 aliphatic carbocycles. The second-order valence-corrected chi connectivity index (χ2v) is 5.80. The fourth-order valence-electron chi connectivity index (χ4n) is 1.89. The number of aryl methyl sites for hydroxylation is 1. The second-order valence-electron chi connectivity index (χ2n) is 4.89. The van der Waals surface area contributed by atoms with E-state index in [0.29, 0.717) is 16.8 Å². The molecular formula is C16H13BrN2O5. The van der Waals surface area contributed by atoms with Crippen molar-refractivity contribution in [1.82, 2.24) is 0 Å². The third kappa shape index (κ3) is 4.63. The number of nitrogens with zero attached hydrogens (tertiary/aromatic N) is 1. The van der Waals surface area contributed by atoms with Gasteiger partial charge in [0.2, 0.25) is 0 Å². The lowest BCUT2D eigenvalue weighted by Crippen LogP contribution is -2.21. The number of anilines is 1. The van der Waals surface area contributed by atoms with Gasteiger partial charge in [-0.2, -0.15) is 0 Å². The lowest BCUT2D eigenvalue weighted by atomic mass is 10.2. The number of non-ortho nitro benzene ring substituents is 1. The number of carbonyl (C=O) groups is 2. The summed E-state index contributed by atoms with van der Waals surface area (Å²) in [6, 6.07) is 10.6. The van der Waals surface area contributed by atoms with Crippen molar-refractivity contribution in [2.75, 3.05) is 11.9 Å². The fourth-order valence-corrected chi connectivity index (χ4v) is 2.15. The number of halogens is 1. The molecule has 7 nitrogen and oxygen atoms in total. The quantitative estimate of drug-likeness (QED) is 0.477. The van der Waals surface area contributed by atoms with E-state index in [1.807, 2.05) is 0 Å². The zero-order chi connectivity index (χ0) is 17.7. The van der Waals surface area contributed by atoms with E-state index in [1.165, 1.54) is 18.2 Å². The number of amides is 1. The summed E-state index contributed by atoms with van der Waals surface area (Å²) in [5.74, 6) is -1.14. The molecule has 0 unspecified atom stereocenters. The molecule has 0 atom stereocenters. The molecule has 24 heavy (non-hydrogen) atoms. The summed E-state index contributed by atoms with van der Waals surface area (Å²) in [5.41, 5.74) is 1.23. The van der Waals surface area contributed by atoms with Crippen LogP contribution in [0.25, 0.3) is 0 Å². The molecule has 0 bridgehead atoms. The molecule has 0 fully saturated rings. The molecule has 0 aliphatic heterocycles. The third-order valence-corrected chi connectivity index (χ3v) is 3.64. The molecule has 0 aromatic heterocycles. The van der Waals surface area contributed by atoms with Crippen molar-refractivity contribution < 1.29 is 19.2 Å². The van der Waals surface area contributed by atoms with Crippen LogP contribution in [0.2, 0.25) is 0 Å². The average Bonchev–Trinajstić information content (AvgIpc) is 2.55. The van der Waals surface area contributed by atoms with Crippen LogP contribution in [0.5, 0.6) is 0 Å². The van der Waals surface area contributed by atoms with E-state index < -0.39 is 23.4 Å². The normalized spacial score (nSPS) is 10.1. The molecule has 0 saturated carbocycles. The van der Waals surface area contributed by atoms with Gasteiger partial charge in [-0.3, -0.25) is 14.9 Å². The second kappa shape index (κ2) is 7.69. The zero-order valence-electron chi connectivity index (χ0n) is 12.6. The van der Waals surface area contributed by atoms with Gasteiger partial charge in [-0.15, -0.1) is 0 Å². The van der Waals surface area contributed by atoms with Crippen molar-refractivity contribution in [2.45, 2.75) is 6.92 Å². The Hall–Kier alpha value is -2.74. The third-order valence-electron chi connectivity index (χ3n) is 3.11. The first-order valence-electron chi connectivity index (χ1n) is 6.84.